The Bertz CT molecular complexity index is 1450. The fourth-order valence-electron chi connectivity index (χ4n) is 3.89. The number of halogens is 3. The molecule has 2 amide bonds. The molecular weight excluding hydrogens is 593 g/mol. The van der Waals surface area contributed by atoms with Gasteiger partial charge >= 0.3 is 0 Å². The summed E-state index contributed by atoms with van der Waals surface area (Å²) < 4.78 is 28.7. The van der Waals surface area contributed by atoms with Gasteiger partial charge in [0.15, 0.2) is 0 Å². The molecule has 0 bridgehead atoms. The van der Waals surface area contributed by atoms with Gasteiger partial charge in [0.1, 0.15) is 12.6 Å². The Morgan fingerprint density at radius 1 is 0.900 bits per heavy atom. The van der Waals surface area contributed by atoms with Crippen LogP contribution in [0.5, 0.6) is 0 Å². The number of nitrogens with one attached hydrogen (secondary N) is 1. The van der Waals surface area contributed by atoms with Gasteiger partial charge in [0.25, 0.3) is 10.0 Å². The number of hydrogen-bond donors (Lipinski definition) is 1. The van der Waals surface area contributed by atoms with Gasteiger partial charge < -0.3 is 10.2 Å². The molecule has 0 saturated heterocycles. The van der Waals surface area contributed by atoms with Crippen LogP contribution in [0.1, 0.15) is 38.3 Å². The lowest BCUT2D eigenvalue weighted by molar-refractivity contribution is -0.139. The maximum Gasteiger partial charge on any atom is 0.264 e. The molecule has 0 unspecified atom stereocenters. The normalized spacial score (nSPS) is 12.9. The van der Waals surface area contributed by atoms with Gasteiger partial charge in [0.2, 0.25) is 11.8 Å². The molecule has 1 N–H and O–H groups in total. The zero-order chi connectivity index (χ0) is 29.6. The zero-order valence-corrected chi connectivity index (χ0v) is 25.8. The van der Waals surface area contributed by atoms with E-state index in [1.54, 1.807) is 62.4 Å². The Morgan fingerprint density at radius 3 is 2.10 bits per heavy atom. The predicted molar refractivity (Wildman–Crippen MR) is 162 cm³/mol. The van der Waals surface area contributed by atoms with Crippen molar-refractivity contribution in [3.05, 3.63) is 92.9 Å². The molecule has 0 aliphatic rings. The van der Waals surface area contributed by atoms with E-state index in [1.807, 2.05) is 13.8 Å². The second-order valence-electron chi connectivity index (χ2n) is 9.47. The van der Waals surface area contributed by atoms with Crippen LogP contribution in [0.15, 0.2) is 71.6 Å². The Hall–Kier alpha value is -2.78. The average Bonchev–Trinajstić information content (AvgIpc) is 2.93. The van der Waals surface area contributed by atoms with Gasteiger partial charge in [-0.25, -0.2) is 8.42 Å². The van der Waals surface area contributed by atoms with Crippen LogP contribution < -0.4 is 9.62 Å². The van der Waals surface area contributed by atoms with E-state index in [9.17, 15) is 18.0 Å². The van der Waals surface area contributed by atoms with Crippen molar-refractivity contribution in [1.82, 2.24) is 10.2 Å². The molecule has 7 nitrogen and oxygen atoms in total. The number of amides is 2. The Morgan fingerprint density at radius 2 is 1.52 bits per heavy atom. The summed E-state index contributed by atoms with van der Waals surface area (Å²) in [4.78, 5) is 28.4. The molecule has 0 spiro atoms. The van der Waals surface area contributed by atoms with Crippen molar-refractivity contribution in [1.29, 1.82) is 0 Å². The van der Waals surface area contributed by atoms with Crippen LogP contribution in [-0.4, -0.2) is 43.8 Å². The Kier molecular flexibility index (Phi) is 10.9. The molecule has 2 atom stereocenters. The summed E-state index contributed by atoms with van der Waals surface area (Å²) in [6.07, 6.45) is 0.694. The number of sulfonamides is 1. The average molecular weight is 625 g/mol. The van der Waals surface area contributed by atoms with Gasteiger partial charge in [0.05, 0.1) is 10.6 Å². The first-order chi connectivity index (χ1) is 18.9. The van der Waals surface area contributed by atoms with Gasteiger partial charge in [-0.2, -0.15) is 0 Å². The number of carbonyl (C=O) groups excluding carboxylic acids is 2. The highest BCUT2D eigenvalue weighted by molar-refractivity contribution is 7.92. The first-order valence-electron chi connectivity index (χ1n) is 12.7. The molecule has 3 aromatic carbocycles. The van der Waals surface area contributed by atoms with Crippen molar-refractivity contribution in [2.45, 2.75) is 57.6 Å². The van der Waals surface area contributed by atoms with Gasteiger partial charge in [-0.15, -0.1) is 0 Å². The third-order valence-electron chi connectivity index (χ3n) is 6.61. The van der Waals surface area contributed by atoms with Crippen LogP contribution in [0.2, 0.25) is 15.1 Å². The Balaban J connectivity index is 2.08. The number of hydrogen-bond acceptors (Lipinski definition) is 4. The first-order valence-corrected chi connectivity index (χ1v) is 15.3. The van der Waals surface area contributed by atoms with Gasteiger partial charge in [0, 0.05) is 33.2 Å². The summed E-state index contributed by atoms with van der Waals surface area (Å²) in [7, 11) is -4.20. The molecule has 0 aliphatic carbocycles. The standard InChI is InChI=1S/C29H32Cl3N3O4S/c1-5-20(3)33-29(37)21(4)34(17-24-25(30)12-9-13-26(24)31)28(36)18-35(22-15-14-19(2)27(32)16-22)40(38,39)23-10-7-6-8-11-23/h6-16,20-21H,5,17-18H2,1-4H3,(H,33,37)/t20-,21-/m1/s1. The minimum atomic E-state index is -4.20. The third kappa shape index (κ3) is 7.49. The van der Waals surface area contributed by atoms with Crippen molar-refractivity contribution >= 4 is 62.3 Å². The molecule has 0 aromatic heterocycles. The van der Waals surface area contributed by atoms with E-state index >= 15 is 0 Å². The monoisotopic (exact) mass is 623 g/mol. The lowest BCUT2D eigenvalue weighted by Gasteiger charge is -2.33. The zero-order valence-electron chi connectivity index (χ0n) is 22.7. The molecular formula is C29H32Cl3N3O4S. The maximum absolute atomic E-state index is 14.0. The van der Waals surface area contributed by atoms with Crippen LogP contribution in [0, 0.1) is 6.92 Å². The topological polar surface area (TPSA) is 86.8 Å². The summed E-state index contributed by atoms with van der Waals surface area (Å²) in [5, 5.41) is 3.87. The fraction of sp³-hybridized carbons (Fsp3) is 0.310. The van der Waals surface area contributed by atoms with Gasteiger partial charge in [-0.05, 0) is 69.2 Å². The molecule has 11 heteroatoms. The van der Waals surface area contributed by atoms with E-state index in [4.69, 9.17) is 34.8 Å². The van der Waals surface area contributed by atoms with Crippen molar-refractivity contribution in [2.75, 3.05) is 10.8 Å². The largest absolute Gasteiger partial charge is 0.352 e. The molecule has 214 valence electrons. The van der Waals surface area contributed by atoms with Crippen molar-refractivity contribution in [3.63, 3.8) is 0 Å². The highest BCUT2D eigenvalue weighted by Crippen LogP contribution is 2.30. The number of aryl methyl sites for hydroxylation is 1. The Labute approximate surface area is 251 Å². The van der Waals surface area contributed by atoms with E-state index in [-0.39, 0.29) is 29.1 Å². The van der Waals surface area contributed by atoms with E-state index in [0.29, 0.717) is 27.1 Å². The van der Waals surface area contributed by atoms with Crippen molar-refractivity contribution < 1.29 is 18.0 Å². The highest BCUT2D eigenvalue weighted by Gasteiger charge is 2.33. The molecule has 0 heterocycles. The number of anilines is 1. The van der Waals surface area contributed by atoms with E-state index < -0.39 is 28.5 Å². The molecule has 0 aliphatic heterocycles. The number of benzene rings is 3. The summed E-state index contributed by atoms with van der Waals surface area (Å²) in [5.41, 5.74) is 1.40. The molecule has 40 heavy (non-hydrogen) atoms. The minimum Gasteiger partial charge on any atom is -0.352 e. The lowest BCUT2D eigenvalue weighted by atomic mass is 10.1. The van der Waals surface area contributed by atoms with Gasteiger partial charge in [-0.1, -0.05) is 72.1 Å². The highest BCUT2D eigenvalue weighted by atomic mass is 35.5. The van der Waals surface area contributed by atoms with Crippen LogP contribution in [0.25, 0.3) is 0 Å². The predicted octanol–water partition coefficient (Wildman–Crippen LogP) is 6.48. The molecule has 0 saturated carbocycles. The van der Waals surface area contributed by atoms with Crippen LogP contribution in [0.4, 0.5) is 5.69 Å². The van der Waals surface area contributed by atoms with Crippen LogP contribution in [-0.2, 0) is 26.2 Å². The van der Waals surface area contributed by atoms with E-state index in [1.165, 1.54) is 23.1 Å². The summed E-state index contributed by atoms with van der Waals surface area (Å²) in [5.74, 6) is -1.01. The number of carbonyl (C=O) groups is 2. The molecule has 0 fully saturated rings. The molecule has 3 aromatic rings. The van der Waals surface area contributed by atoms with Gasteiger partial charge in [-0.3, -0.25) is 13.9 Å². The second-order valence-corrected chi connectivity index (χ2v) is 12.6. The smallest absolute Gasteiger partial charge is 0.264 e. The fourth-order valence-corrected chi connectivity index (χ4v) is 6.01. The second kappa shape index (κ2) is 13.7. The van der Waals surface area contributed by atoms with Crippen LogP contribution >= 0.6 is 34.8 Å². The molecule has 0 radical (unpaired) electrons. The quantitative estimate of drug-likeness (QED) is 0.265. The van der Waals surface area contributed by atoms with Crippen molar-refractivity contribution in [2.24, 2.45) is 0 Å². The number of rotatable bonds is 11. The summed E-state index contributed by atoms with van der Waals surface area (Å²) in [6.45, 7) is 6.46. The van der Waals surface area contributed by atoms with Crippen LogP contribution in [0.3, 0.4) is 0 Å². The number of nitrogens with zero attached hydrogens (tertiary/aromatic N) is 2. The van der Waals surface area contributed by atoms with E-state index in [2.05, 4.69) is 5.32 Å². The van der Waals surface area contributed by atoms with Crippen molar-refractivity contribution in [3.8, 4) is 0 Å². The summed E-state index contributed by atoms with van der Waals surface area (Å²) in [6, 6.07) is 16.4. The first kappa shape index (κ1) is 31.7. The third-order valence-corrected chi connectivity index (χ3v) is 9.52. The minimum absolute atomic E-state index is 0.00255. The summed E-state index contributed by atoms with van der Waals surface area (Å²) >= 11 is 19.2. The SMILES string of the molecule is CC[C@@H](C)NC(=O)[C@@H](C)N(Cc1c(Cl)cccc1Cl)C(=O)CN(c1ccc(C)c(Cl)c1)S(=O)(=O)c1ccccc1. The van der Waals surface area contributed by atoms with E-state index in [0.717, 1.165) is 9.87 Å². The lowest BCUT2D eigenvalue weighted by Crippen LogP contribution is -2.52. The maximum atomic E-state index is 14.0. The molecule has 3 rings (SSSR count).